The van der Waals surface area contributed by atoms with Crippen molar-refractivity contribution in [2.24, 2.45) is 0 Å². The fourth-order valence-corrected chi connectivity index (χ4v) is 3.20. The van der Waals surface area contributed by atoms with Crippen molar-refractivity contribution in [1.82, 2.24) is 5.32 Å². The molecule has 0 fully saturated rings. The van der Waals surface area contributed by atoms with Gasteiger partial charge in [-0.15, -0.1) is 0 Å². The molecule has 0 aliphatic rings. The van der Waals surface area contributed by atoms with Gasteiger partial charge in [0, 0.05) is 10.5 Å². The highest BCUT2D eigenvalue weighted by atomic mass is 79.9. The summed E-state index contributed by atoms with van der Waals surface area (Å²) in [6.07, 6.45) is 10.1. The van der Waals surface area contributed by atoms with E-state index in [1.807, 2.05) is 6.07 Å². The quantitative estimate of drug-likeness (QED) is 0.489. The molecule has 0 amide bonds. The molecular weight excluding hydrogens is 329 g/mol. The molecule has 1 rings (SSSR count). The third-order valence-corrected chi connectivity index (χ3v) is 4.62. The lowest BCUT2D eigenvalue weighted by atomic mass is 9.99. The first kappa shape index (κ1) is 18.6. The van der Waals surface area contributed by atoms with E-state index in [-0.39, 0.29) is 5.82 Å². The number of hydrogen-bond acceptors (Lipinski definition) is 1. The smallest absolute Gasteiger partial charge is 0.124 e. The molecule has 3 heteroatoms. The van der Waals surface area contributed by atoms with E-state index in [0.29, 0.717) is 6.04 Å². The first-order valence-electron chi connectivity index (χ1n) is 8.34. The summed E-state index contributed by atoms with van der Waals surface area (Å²) in [6.45, 7) is 5.38. The minimum absolute atomic E-state index is 0.179. The maximum Gasteiger partial charge on any atom is 0.124 e. The lowest BCUT2D eigenvalue weighted by Crippen LogP contribution is -2.31. The SMILES string of the molecule is CCCCCCCCC(Cc1ccc(F)cc1Br)NCC. The third-order valence-electron chi connectivity index (χ3n) is 3.88. The van der Waals surface area contributed by atoms with Crippen molar-refractivity contribution in [3.05, 3.63) is 34.1 Å². The summed E-state index contributed by atoms with van der Waals surface area (Å²) in [4.78, 5) is 0. The maximum absolute atomic E-state index is 13.1. The third kappa shape index (κ3) is 7.96. The molecule has 0 saturated carbocycles. The van der Waals surface area contributed by atoms with Crippen LogP contribution >= 0.6 is 15.9 Å². The van der Waals surface area contributed by atoms with E-state index in [9.17, 15) is 4.39 Å². The molecule has 1 nitrogen and oxygen atoms in total. The average molecular weight is 358 g/mol. The van der Waals surface area contributed by atoms with Crippen LogP contribution in [0.2, 0.25) is 0 Å². The Hall–Kier alpha value is -0.410. The first-order valence-corrected chi connectivity index (χ1v) is 9.14. The molecule has 1 aromatic carbocycles. The van der Waals surface area contributed by atoms with E-state index >= 15 is 0 Å². The van der Waals surface area contributed by atoms with E-state index in [1.165, 1.54) is 50.5 Å². The van der Waals surface area contributed by atoms with Gasteiger partial charge in [-0.05, 0) is 37.1 Å². The molecule has 0 aliphatic carbocycles. The molecule has 0 spiro atoms. The second-order valence-corrected chi connectivity index (χ2v) is 6.61. The molecule has 0 bridgehead atoms. The summed E-state index contributed by atoms with van der Waals surface area (Å²) < 4.78 is 14.0. The average Bonchev–Trinajstić information content (AvgIpc) is 2.45. The van der Waals surface area contributed by atoms with Crippen LogP contribution in [0.3, 0.4) is 0 Å². The van der Waals surface area contributed by atoms with Gasteiger partial charge >= 0.3 is 0 Å². The van der Waals surface area contributed by atoms with Gasteiger partial charge in [0.2, 0.25) is 0 Å². The van der Waals surface area contributed by atoms with E-state index in [4.69, 9.17) is 0 Å². The molecule has 0 heterocycles. The predicted molar refractivity (Wildman–Crippen MR) is 93.3 cm³/mol. The van der Waals surface area contributed by atoms with Gasteiger partial charge in [-0.25, -0.2) is 4.39 Å². The zero-order chi connectivity index (χ0) is 15.5. The fraction of sp³-hybridized carbons (Fsp3) is 0.667. The largest absolute Gasteiger partial charge is 0.314 e. The number of likely N-dealkylation sites (N-methyl/N-ethyl adjacent to an activating group) is 1. The normalized spacial score (nSPS) is 12.6. The van der Waals surface area contributed by atoms with Gasteiger partial charge < -0.3 is 5.32 Å². The van der Waals surface area contributed by atoms with Crippen LogP contribution in [-0.4, -0.2) is 12.6 Å². The van der Waals surface area contributed by atoms with Crippen LogP contribution in [0.25, 0.3) is 0 Å². The van der Waals surface area contributed by atoms with E-state index in [1.54, 1.807) is 12.1 Å². The van der Waals surface area contributed by atoms with E-state index < -0.39 is 0 Å². The van der Waals surface area contributed by atoms with Gasteiger partial charge in [-0.1, -0.05) is 74.4 Å². The molecule has 0 saturated heterocycles. The van der Waals surface area contributed by atoms with Crippen LogP contribution in [0.5, 0.6) is 0 Å². The summed E-state index contributed by atoms with van der Waals surface area (Å²) in [5, 5.41) is 3.56. The summed E-state index contributed by atoms with van der Waals surface area (Å²) in [6, 6.07) is 5.49. The highest BCUT2D eigenvalue weighted by Gasteiger charge is 2.11. The van der Waals surface area contributed by atoms with Crippen LogP contribution in [0.1, 0.15) is 64.4 Å². The van der Waals surface area contributed by atoms with Crippen molar-refractivity contribution in [3.63, 3.8) is 0 Å². The van der Waals surface area contributed by atoms with Crippen LogP contribution in [0.15, 0.2) is 22.7 Å². The maximum atomic E-state index is 13.1. The number of benzene rings is 1. The van der Waals surface area contributed by atoms with Crippen molar-refractivity contribution < 1.29 is 4.39 Å². The van der Waals surface area contributed by atoms with Crippen LogP contribution < -0.4 is 5.32 Å². The van der Waals surface area contributed by atoms with Crippen molar-refractivity contribution >= 4 is 15.9 Å². The fourth-order valence-electron chi connectivity index (χ4n) is 2.69. The Labute approximate surface area is 137 Å². The zero-order valence-corrected chi connectivity index (χ0v) is 15.0. The second-order valence-electron chi connectivity index (χ2n) is 5.75. The van der Waals surface area contributed by atoms with Crippen LogP contribution in [-0.2, 0) is 6.42 Å². The Balaban J connectivity index is 2.38. The highest BCUT2D eigenvalue weighted by molar-refractivity contribution is 9.10. The second kappa shape index (κ2) is 11.2. The number of rotatable bonds is 11. The van der Waals surface area contributed by atoms with Gasteiger partial charge in [0.15, 0.2) is 0 Å². The van der Waals surface area contributed by atoms with Crippen LogP contribution in [0, 0.1) is 5.82 Å². The summed E-state index contributed by atoms with van der Waals surface area (Å²) in [7, 11) is 0. The summed E-state index contributed by atoms with van der Waals surface area (Å²) in [5.41, 5.74) is 1.19. The lowest BCUT2D eigenvalue weighted by molar-refractivity contribution is 0.459. The number of unbranched alkanes of at least 4 members (excludes halogenated alkanes) is 5. The monoisotopic (exact) mass is 357 g/mol. The Morgan fingerprint density at radius 3 is 2.48 bits per heavy atom. The molecule has 1 N–H and O–H groups in total. The topological polar surface area (TPSA) is 12.0 Å². The van der Waals surface area contributed by atoms with Crippen molar-refractivity contribution in [3.8, 4) is 0 Å². The van der Waals surface area contributed by atoms with E-state index in [0.717, 1.165) is 17.4 Å². The van der Waals surface area contributed by atoms with Gasteiger partial charge in [0.05, 0.1) is 0 Å². The molecule has 1 unspecified atom stereocenters. The Morgan fingerprint density at radius 2 is 1.81 bits per heavy atom. The van der Waals surface area contributed by atoms with E-state index in [2.05, 4.69) is 35.1 Å². The minimum Gasteiger partial charge on any atom is -0.314 e. The molecular formula is C18H29BrFN. The first-order chi connectivity index (χ1) is 10.2. The van der Waals surface area contributed by atoms with Crippen molar-refractivity contribution in [2.45, 2.75) is 71.3 Å². The Kier molecular flexibility index (Phi) is 9.94. The summed E-state index contributed by atoms with van der Waals surface area (Å²) in [5.74, 6) is -0.179. The number of nitrogens with one attached hydrogen (secondary N) is 1. The minimum atomic E-state index is -0.179. The molecule has 120 valence electrons. The Morgan fingerprint density at radius 1 is 1.10 bits per heavy atom. The van der Waals surface area contributed by atoms with Crippen molar-refractivity contribution in [1.29, 1.82) is 0 Å². The standard InChI is InChI=1S/C18H29BrFN/c1-3-5-6-7-8-9-10-17(21-4-2)13-15-11-12-16(20)14-18(15)19/h11-12,14,17,21H,3-10,13H2,1-2H3. The highest BCUT2D eigenvalue weighted by Crippen LogP contribution is 2.21. The van der Waals surface area contributed by atoms with Gasteiger partial charge in [-0.3, -0.25) is 0 Å². The number of halogens is 2. The zero-order valence-electron chi connectivity index (χ0n) is 13.4. The molecule has 1 aromatic rings. The Bertz CT molecular complexity index is 395. The summed E-state index contributed by atoms with van der Waals surface area (Å²) >= 11 is 3.47. The number of hydrogen-bond donors (Lipinski definition) is 1. The lowest BCUT2D eigenvalue weighted by Gasteiger charge is -2.18. The predicted octanol–water partition coefficient (Wildman–Crippen LogP) is 5.86. The van der Waals surface area contributed by atoms with Gasteiger partial charge in [-0.2, -0.15) is 0 Å². The van der Waals surface area contributed by atoms with Gasteiger partial charge in [0.25, 0.3) is 0 Å². The molecule has 0 radical (unpaired) electrons. The van der Waals surface area contributed by atoms with Crippen LogP contribution in [0.4, 0.5) is 4.39 Å². The van der Waals surface area contributed by atoms with Crippen molar-refractivity contribution in [2.75, 3.05) is 6.54 Å². The van der Waals surface area contributed by atoms with Gasteiger partial charge in [0.1, 0.15) is 5.82 Å². The molecule has 0 aromatic heterocycles. The molecule has 21 heavy (non-hydrogen) atoms. The molecule has 1 atom stereocenters. The molecule has 0 aliphatic heterocycles.